The minimum absolute atomic E-state index is 0.115. The van der Waals surface area contributed by atoms with Crippen molar-refractivity contribution in [2.75, 3.05) is 13.2 Å². The summed E-state index contributed by atoms with van der Waals surface area (Å²) in [6, 6.07) is 8.11. The van der Waals surface area contributed by atoms with Gasteiger partial charge in [0.15, 0.2) is 0 Å². The SMILES string of the molecule is CCOC(=O)CCCOc1cccc(C(C)(C)C)c1. The second kappa shape index (κ2) is 7.17. The van der Waals surface area contributed by atoms with E-state index in [4.69, 9.17) is 9.47 Å². The van der Waals surface area contributed by atoms with Gasteiger partial charge in [-0.05, 0) is 36.5 Å². The zero-order chi connectivity index (χ0) is 14.3. The third kappa shape index (κ3) is 5.77. The van der Waals surface area contributed by atoms with Crippen LogP contribution in [0.3, 0.4) is 0 Å². The van der Waals surface area contributed by atoms with E-state index in [0.717, 1.165) is 5.75 Å². The molecule has 0 fully saturated rings. The van der Waals surface area contributed by atoms with Gasteiger partial charge in [0.2, 0.25) is 0 Å². The van der Waals surface area contributed by atoms with Gasteiger partial charge in [-0.1, -0.05) is 32.9 Å². The van der Waals surface area contributed by atoms with E-state index in [1.165, 1.54) is 5.56 Å². The number of carbonyl (C=O) groups excluding carboxylic acids is 1. The molecule has 0 radical (unpaired) electrons. The molecule has 0 heterocycles. The van der Waals surface area contributed by atoms with Crippen molar-refractivity contribution >= 4 is 5.97 Å². The molecule has 0 aliphatic carbocycles. The van der Waals surface area contributed by atoms with E-state index in [0.29, 0.717) is 26.1 Å². The molecule has 0 aliphatic heterocycles. The van der Waals surface area contributed by atoms with Crippen LogP contribution in [0.25, 0.3) is 0 Å². The summed E-state index contributed by atoms with van der Waals surface area (Å²) in [4.78, 5) is 11.2. The highest BCUT2D eigenvalue weighted by Crippen LogP contribution is 2.25. The molecule has 0 saturated heterocycles. The lowest BCUT2D eigenvalue weighted by atomic mass is 9.87. The highest BCUT2D eigenvalue weighted by atomic mass is 16.5. The molecule has 19 heavy (non-hydrogen) atoms. The highest BCUT2D eigenvalue weighted by molar-refractivity contribution is 5.69. The van der Waals surface area contributed by atoms with Gasteiger partial charge in [0.05, 0.1) is 13.2 Å². The molecule has 0 unspecified atom stereocenters. The quantitative estimate of drug-likeness (QED) is 0.580. The molecule has 0 bridgehead atoms. The molecular formula is C16H24O3. The lowest BCUT2D eigenvalue weighted by molar-refractivity contribution is -0.143. The Labute approximate surface area is 115 Å². The Morgan fingerprint density at radius 2 is 2.00 bits per heavy atom. The molecule has 0 aromatic heterocycles. The summed E-state index contributed by atoms with van der Waals surface area (Å²) in [6.45, 7) is 9.30. The Kier molecular flexibility index (Phi) is 5.87. The number of hydrogen-bond acceptors (Lipinski definition) is 3. The third-order valence-corrected chi connectivity index (χ3v) is 2.80. The maximum atomic E-state index is 11.2. The Hall–Kier alpha value is -1.51. The predicted molar refractivity (Wildman–Crippen MR) is 76.5 cm³/mol. The minimum atomic E-state index is -0.158. The Morgan fingerprint density at radius 3 is 2.63 bits per heavy atom. The van der Waals surface area contributed by atoms with Crippen molar-refractivity contribution < 1.29 is 14.3 Å². The van der Waals surface area contributed by atoms with E-state index in [1.54, 1.807) is 0 Å². The van der Waals surface area contributed by atoms with Crippen LogP contribution in [0.15, 0.2) is 24.3 Å². The summed E-state index contributed by atoms with van der Waals surface area (Å²) >= 11 is 0. The summed E-state index contributed by atoms with van der Waals surface area (Å²) in [7, 11) is 0. The zero-order valence-corrected chi connectivity index (χ0v) is 12.4. The predicted octanol–water partition coefficient (Wildman–Crippen LogP) is 3.71. The molecule has 1 aromatic rings. The summed E-state index contributed by atoms with van der Waals surface area (Å²) in [5.41, 5.74) is 1.36. The van der Waals surface area contributed by atoms with Gasteiger partial charge in [-0.25, -0.2) is 0 Å². The van der Waals surface area contributed by atoms with E-state index in [1.807, 2.05) is 19.1 Å². The molecule has 0 spiro atoms. The van der Waals surface area contributed by atoms with Gasteiger partial charge < -0.3 is 9.47 Å². The van der Waals surface area contributed by atoms with Gasteiger partial charge in [0, 0.05) is 6.42 Å². The smallest absolute Gasteiger partial charge is 0.305 e. The van der Waals surface area contributed by atoms with Crippen LogP contribution in [0.2, 0.25) is 0 Å². The molecule has 3 nitrogen and oxygen atoms in total. The van der Waals surface area contributed by atoms with Crippen molar-refractivity contribution in [2.45, 2.75) is 46.0 Å². The van der Waals surface area contributed by atoms with Crippen LogP contribution in [0.4, 0.5) is 0 Å². The van der Waals surface area contributed by atoms with E-state index < -0.39 is 0 Å². The maximum absolute atomic E-state index is 11.2. The molecule has 0 saturated carbocycles. The minimum Gasteiger partial charge on any atom is -0.494 e. The lowest BCUT2D eigenvalue weighted by Crippen LogP contribution is -2.11. The first-order valence-electron chi connectivity index (χ1n) is 6.82. The van der Waals surface area contributed by atoms with Crippen LogP contribution in [-0.4, -0.2) is 19.2 Å². The number of ether oxygens (including phenoxy) is 2. The summed E-state index contributed by atoms with van der Waals surface area (Å²) in [6.07, 6.45) is 1.09. The molecule has 3 heteroatoms. The van der Waals surface area contributed by atoms with Crippen LogP contribution in [0.5, 0.6) is 5.75 Å². The largest absolute Gasteiger partial charge is 0.494 e. The fraction of sp³-hybridized carbons (Fsp3) is 0.562. The monoisotopic (exact) mass is 264 g/mol. The average Bonchev–Trinajstić information content (AvgIpc) is 2.34. The molecule has 1 aromatic carbocycles. The van der Waals surface area contributed by atoms with Crippen molar-refractivity contribution in [1.29, 1.82) is 0 Å². The molecule has 0 aliphatic rings. The molecule has 0 amide bonds. The van der Waals surface area contributed by atoms with Crippen LogP contribution in [-0.2, 0) is 14.9 Å². The van der Waals surface area contributed by atoms with Crippen molar-refractivity contribution in [3.8, 4) is 5.75 Å². The lowest BCUT2D eigenvalue weighted by Gasteiger charge is -2.19. The van der Waals surface area contributed by atoms with E-state index in [9.17, 15) is 4.79 Å². The van der Waals surface area contributed by atoms with Crippen LogP contribution in [0, 0.1) is 0 Å². The average molecular weight is 264 g/mol. The van der Waals surface area contributed by atoms with Gasteiger partial charge in [-0.15, -0.1) is 0 Å². The fourth-order valence-electron chi connectivity index (χ4n) is 1.69. The standard InChI is InChI=1S/C16H24O3/c1-5-18-15(17)10-7-11-19-14-9-6-8-13(12-14)16(2,3)4/h6,8-9,12H,5,7,10-11H2,1-4H3. The van der Waals surface area contributed by atoms with Gasteiger partial charge in [0.25, 0.3) is 0 Å². The van der Waals surface area contributed by atoms with Crippen molar-refractivity contribution in [3.05, 3.63) is 29.8 Å². The summed E-state index contributed by atoms with van der Waals surface area (Å²) in [5, 5.41) is 0. The topological polar surface area (TPSA) is 35.5 Å². The van der Waals surface area contributed by atoms with E-state index in [2.05, 4.69) is 32.9 Å². The van der Waals surface area contributed by atoms with Crippen LogP contribution < -0.4 is 4.74 Å². The third-order valence-electron chi connectivity index (χ3n) is 2.80. The van der Waals surface area contributed by atoms with Gasteiger partial charge in [-0.2, -0.15) is 0 Å². The normalized spacial score (nSPS) is 11.2. The number of benzene rings is 1. The maximum Gasteiger partial charge on any atom is 0.305 e. The number of esters is 1. The molecular weight excluding hydrogens is 240 g/mol. The van der Waals surface area contributed by atoms with Crippen LogP contribution >= 0.6 is 0 Å². The molecule has 1 rings (SSSR count). The Balaban J connectivity index is 2.40. The van der Waals surface area contributed by atoms with Gasteiger partial charge in [-0.3, -0.25) is 4.79 Å². The Bertz CT molecular complexity index is 405. The summed E-state index contributed by atoms with van der Waals surface area (Å²) < 4.78 is 10.5. The van der Waals surface area contributed by atoms with Crippen molar-refractivity contribution in [2.24, 2.45) is 0 Å². The second-order valence-corrected chi connectivity index (χ2v) is 5.53. The Morgan fingerprint density at radius 1 is 1.26 bits per heavy atom. The molecule has 0 N–H and O–H groups in total. The van der Waals surface area contributed by atoms with E-state index in [-0.39, 0.29) is 11.4 Å². The first-order valence-corrected chi connectivity index (χ1v) is 6.82. The van der Waals surface area contributed by atoms with Gasteiger partial charge in [0.1, 0.15) is 5.75 Å². The van der Waals surface area contributed by atoms with Crippen molar-refractivity contribution in [3.63, 3.8) is 0 Å². The highest BCUT2D eigenvalue weighted by Gasteiger charge is 2.13. The van der Waals surface area contributed by atoms with Crippen molar-refractivity contribution in [1.82, 2.24) is 0 Å². The van der Waals surface area contributed by atoms with Crippen LogP contribution in [0.1, 0.15) is 46.1 Å². The number of carbonyl (C=O) groups is 1. The first-order chi connectivity index (χ1) is 8.93. The van der Waals surface area contributed by atoms with Gasteiger partial charge >= 0.3 is 5.97 Å². The molecule has 0 atom stereocenters. The first kappa shape index (κ1) is 15.5. The van der Waals surface area contributed by atoms with E-state index >= 15 is 0 Å². The number of hydrogen-bond donors (Lipinski definition) is 0. The number of rotatable bonds is 6. The summed E-state index contributed by atoms with van der Waals surface area (Å²) in [5.74, 6) is 0.700. The zero-order valence-electron chi connectivity index (χ0n) is 12.4. The molecule has 106 valence electrons. The second-order valence-electron chi connectivity index (χ2n) is 5.53. The fourth-order valence-corrected chi connectivity index (χ4v) is 1.69.